The first kappa shape index (κ1) is 20.5. The van der Waals surface area contributed by atoms with Crippen molar-refractivity contribution in [2.75, 3.05) is 18.4 Å². The second kappa shape index (κ2) is 8.29. The number of fused-ring (bicyclic) bond motifs is 1. The van der Waals surface area contributed by atoms with Gasteiger partial charge >= 0.3 is 5.76 Å². The summed E-state index contributed by atoms with van der Waals surface area (Å²) in [5, 5.41) is 6.86. The van der Waals surface area contributed by atoms with E-state index >= 15 is 0 Å². The summed E-state index contributed by atoms with van der Waals surface area (Å²) >= 11 is 0. The zero-order valence-electron chi connectivity index (χ0n) is 18.0. The minimum absolute atomic E-state index is 0.124. The maximum absolute atomic E-state index is 12.6. The number of carbonyl (C=O) groups excluding carboxylic acids is 2. The summed E-state index contributed by atoms with van der Waals surface area (Å²) in [4.78, 5) is 38.9. The molecule has 2 aromatic heterocycles. The fourth-order valence-corrected chi connectivity index (χ4v) is 4.82. The van der Waals surface area contributed by atoms with Crippen molar-refractivity contribution in [2.45, 2.75) is 44.4 Å². The Morgan fingerprint density at radius 2 is 1.84 bits per heavy atom. The molecule has 2 fully saturated rings. The minimum atomic E-state index is -0.459. The van der Waals surface area contributed by atoms with Crippen molar-refractivity contribution >= 4 is 28.6 Å². The lowest BCUT2D eigenvalue weighted by molar-refractivity contribution is -0.136. The molecule has 32 heavy (non-hydrogen) atoms. The van der Waals surface area contributed by atoms with E-state index in [1.54, 1.807) is 31.3 Å². The number of benzene rings is 1. The molecule has 9 heteroatoms. The molecule has 0 unspecified atom stereocenters. The van der Waals surface area contributed by atoms with Crippen LogP contribution >= 0.6 is 0 Å². The van der Waals surface area contributed by atoms with Crippen molar-refractivity contribution in [3.8, 4) is 0 Å². The molecule has 5 rings (SSSR count). The summed E-state index contributed by atoms with van der Waals surface area (Å²) < 4.78 is 11.9. The zero-order chi connectivity index (χ0) is 22.2. The van der Waals surface area contributed by atoms with Gasteiger partial charge in [-0.2, -0.15) is 0 Å². The Kier molecular flexibility index (Phi) is 5.32. The lowest BCUT2D eigenvalue weighted by atomic mass is 9.92. The average Bonchev–Trinajstić information content (AvgIpc) is 3.55. The molecule has 1 aliphatic carbocycles. The van der Waals surface area contributed by atoms with E-state index in [1.165, 1.54) is 4.57 Å². The molecule has 1 aromatic carbocycles. The number of hydrogen-bond donors (Lipinski definition) is 1. The summed E-state index contributed by atoms with van der Waals surface area (Å²) in [6, 6.07) is 6.68. The second-order valence-electron chi connectivity index (χ2n) is 8.76. The number of aryl methyl sites for hydroxylation is 1. The van der Waals surface area contributed by atoms with Crippen LogP contribution in [0, 0.1) is 5.92 Å². The molecular formula is C23H26N4O5. The van der Waals surface area contributed by atoms with Crippen LogP contribution in [-0.2, 0) is 11.8 Å². The topological polar surface area (TPSA) is 111 Å². The first-order chi connectivity index (χ1) is 15.5. The van der Waals surface area contributed by atoms with Crippen LogP contribution in [0.4, 0.5) is 5.69 Å². The number of rotatable bonds is 4. The van der Waals surface area contributed by atoms with Gasteiger partial charge in [-0.1, -0.05) is 18.0 Å². The third-order valence-corrected chi connectivity index (χ3v) is 6.73. The van der Waals surface area contributed by atoms with Crippen LogP contribution in [0.5, 0.6) is 0 Å². The quantitative estimate of drug-likeness (QED) is 0.669. The van der Waals surface area contributed by atoms with Gasteiger partial charge in [-0.05, 0) is 37.8 Å². The fourth-order valence-electron chi connectivity index (χ4n) is 4.82. The van der Waals surface area contributed by atoms with Crippen molar-refractivity contribution < 1.29 is 18.5 Å². The Morgan fingerprint density at radius 3 is 2.59 bits per heavy atom. The van der Waals surface area contributed by atoms with E-state index in [0.717, 1.165) is 57.3 Å². The normalized spacial score (nSPS) is 17.8. The fraction of sp³-hybridized carbons (Fsp3) is 0.478. The van der Waals surface area contributed by atoms with Gasteiger partial charge in [0.15, 0.2) is 5.58 Å². The largest absolute Gasteiger partial charge is 0.419 e. The monoisotopic (exact) mass is 438 g/mol. The number of likely N-dealkylation sites (tertiary alicyclic amines) is 1. The van der Waals surface area contributed by atoms with E-state index in [2.05, 4.69) is 10.5 Å². The van der Waals surface area contributed by atoms with E-state index in [4.69, 9.17) is 8.94 Å². The molecule has 3 heterocycles. The van der Waals surface area contributed by atoms with Gasteiger partial charge in [-0.3, -0.25) is 14.2 Å². The molecule has 0 atom stereocenters. The Hall–Kier alpha value is -3.36. The number of anilines is 1. The predicted octanol–water partition coefficient (Wildman–Crippen LogP) is 3.27. The van der Waals surface area contributed by atoms with Gasteiger partial charge in [0.1, 0.15) is 0 Å². The van der Waals surface area contributed by atoms with Gasteiger partial charge in [-0.25, -0.2) is 4.79 Å². The predicted molar refractivity (Wildman–Crippen MR) is 116 cm³/mol. The molecule has 0 bridgehead atoms. The molecule has 3 aromatic rings. The van der Waals surface area contributed by atoms with Crippen LogP contribution in [0.3, 0.4) is 0 Å². The summed E-state index contributed by atoms with van der Waals surface area (Å²) in [5.41, 5.74) is 2.28. The highest BCUT2D eigenvalue weighted by molar-refractivity contribution is 6.03. The maximum atomic E-state index is 12.6. The van der Waals surface area contributed by atoms with Crippen LogP contribution in [0.2, 0.25) is 0 Å². The molecule has 1 N–H and O–H groups in total. The van der Waals surface area contributed by atoms with Crippen molar-refractivity contribution in [1.82, 2.24) is 14.6 Å². The summed E-state index contributed by atoms with van der Waals surface area (Å²) in [6.45, 7) is 1.44. The highest BCUT2D eigenvalue weighted by Crippen LogP contribution is 2.31. The molecular weight excluding hydrogens is 412 g/mol. The highest BCUT2D eigenvalue weighted by atomic mass is 16.5. The summed E-state index contributed by atoms with van der Waals surface area (Å²) in [6.07, 6.45) is 5.98. The van der Waals surface area contributed by atoms with Gasteiger partial charge < -0.3 is 19.2 Å². The second-order valence-corrected chi connectivity index (χ2v) is 8.76. The number of hydrogen-bond acceptors (Lipinski definition) is 6. The van der Waals surface area contributed by atoms with Crippen LogP contribution in [0.15, 0.2) is 38.0 Å². The molecule has 2 amide bonds. The SMILES string of the molecule is Cn1c(=O)oc2cc(NC(=O)c3cc(C4CCN(C(=O)C5CCCC5)CC4)no3)ccc21. The van der Waals surface area contributed by atoms with Crippen LogP contribution in [0.25, 0.3) is 11.1 Å². The average molecular weight is 438 g/mol. The Morgan fingerprint density at radius 1 is 1.09 bits per heavy atom. The first-order valence-corrected chi connectivity index (χ1v) is 11.2. The number of oxazole rings is 1. The molecule has 168 valence electrons. The van der Waals surface area contributed by atoms with Crippen LogP contribution in [-0.4, -0.2) is 39.5 Å². The molecule has 1 aliphatic heterocycles. The number of piperidine rings is 1. The summed E-state index contributed by atoms with van der Waals surface area (Å²) in [5.74, 6) is -0.0825. The lowest BCUT2D eigenvalue weighted by Crippen LogP contribution is -2.40. The summed E-state index contributed by atoms with van der Waals surface area (Å²) in [7, 11) is 1.62. The first-order valence-electron chi connectivity index (χ1n) is 11.2. The molecule has 1 saturated carbocycles. The Bertz CT molecular complexity index is 1210. The Balaban J connectivity index is 1.20. The minimum Gasteiger partial charge on any atom is -0.408 e. The van der Waals surface area contributed by atoms with Gasteiger partial charge in [-0.15, -0.1) is 0 Å². The number of nitrogens with zero attached hydrogens (tertiary/aromatic N) is 3. The van der Waals surface area contributed by atoms with E-state index in [1.807, 2.05) is 4.90 Å². The third kappa shape index (κ3) is 3.83. The van der Waals surface area contributed by atoms with E-state index < -0.39 is 11.7 Å². The third-order valence-electron chi connectivity index (χ3n) is 6.73. The van der Waals surface area contributed by atoms with Gasteiger partial charge in [0, 0.05) is 49.8 Å². The molecule has 0 radical (unpaired) electrons. The highest BCUT2D eigenvalue weighted by Gasteiger charge is 2.31. The number of carbonyl (C=O) groups is 2. The van der Waals surface area contributed by atoms with Crippen LogP contribution in [0.1, 0.15) is 60.7 Å². The van der Waals surface area contributed by atoms with Crippen molar-refractivity contribution in [1.29, 1.82) is 0 Å². The van der Waals surface area contributed by atoms with Crippen molar-refractivity contribution in [3.05, 3.63) is 46.3 Å². The van der Waals surface area contributed by atoms with E-state index in [0.29, 0.717) is 22.7 Å². The standard InChI is InChI=1S/C23H26N4O5/c1-26-18-7-6-16(12-19(18)31-23(26)30)24-21(28)20-13-17(25-32-20)14-8-10-27(11-9-14)22(29)15-4-2-3-5-15/h6-7,12-15H,2-5,8-11H2,1H3,(H,24,28). The zero-order valence-corrected chi connectivity index (χ0v) is 18.0. The van der Waals surface area contributed by atoms with Gasteiger partial charge in [0.2, 0.25) is 11.7 Å². The molecule has 9 nitrogen and oxygen atoms in total. The van der Waals surface area contributed by atoms with Crippen molar-refractivity contribution in [3.63, 3.8) is 0 Å². The Labute approximate surface area is 184 Å². The molecule has 2 aliphatic rings. The van der Waals surface area contributed by atoms with Crippen molar-refractivity contribution in [2.24, 2.45) is 13.0 Å². The smallest absolute Gasteiger partial charge is 0.408 e. The lowest BCUT2D eigenvalue weighted by Gasteiger charge is -2.32. The molecule has 0 spiro atoms. The number of aromatic nitrogens is 2. The number of nitrogens with one attached hydrogen (secondary N) is 1. The van der Waals surface area contributed by atoms with Gasteiger partial charge in [0.25, 0.3) is 5.91 Å². The van der Waals surface area contributed by atoms with E-state index in [-0.39, 0.29) is 17.6 Å². The number of amides is 2. The molecule has 1 saturated heterocycles. The maximum Gasteiger partial charge on any atom is 0.419 e. The van der Waals surface area contributed by atoms with E-state index in [9.17, 15) is 14.4 Å². The van der Waals surface area contributed by atoms with Gasteiger partial charge in [0.05, 0.1) is 11.2 Å². The van der Waals surface area contributed by atoms with Crippen LogP contribution < -0.4 is 11.1 Å².